The maximum Gasteiger partial charge on any atom is 0.238 e. The van der Waals surface area contributed by atoms with Gasteiger partial charge >= 0.3 is 0 Å². The number of benzene rings is 1. The standard InChI is InChI=1S/C22H35N3O5S/c1-5-10-25(19-9-13-31(28,29)16-19)22(27)15-24(11-12-30-4)14-21(26)23-20-8-6-7-17(2)18(20)3/h6-8,19H,5,9-16H2,1-4H3,(H,23,26). The van der Waals surface area contributed by atoms with Crippen LogP contribution < -0.4 is 5.32 Å². The van der Waals surface area contributed by atoms with Crippen LogP contribution in [0.5, 0.6) is 0 Å². The van der Waals surface area contributed by atoms with Gasteiger partial charge in [-0.05, 0) is 43.9 Å². The molecule has 0 aromatic heterocycles. The van der Waals surface area contributed by atoms with Crippen LogP contribution >= 0.6 is 0 Å². The van der Waals surface area contributed by atoms with Gasteiger partial charge in [-0.25, -0.2) is 8.42 Å². The molecule has 1 aromatic carbocycles. The van der Waals surface area contributed by atoms with Crippen molar-refractivity contribution in [2.45, 2.75) is 39.7 Å². The van der Waals surface area contributed by atoms with Crippen molar-refractivity contribution in [3.63, 3.8) is 0 Å². The van der Waals surface area contributed by atoms with E-state index in [9.17, 15) is 18.0 Å². The fraction of sp³-hybridized carbons (Fsp3) is 0.636. The molecular weight excluding hydrogens is 418 g/mol. The molecule has 1 heterocycles. The number of anilines is 1. The Morgan fingerprint density at radius 1 is 1.19 bits per heavy atom. The molecular formula is C22H35N3O5S. The summed E-state index contributed by atoms with van der Waals surface area (Å²) in [6, 6.07) is 5.45. The van der Waals surface area contributed by atoms with E-state index in [1.54, 1.807) is 16.9 Å². The van der Waals surface area contributed by atoms with E-state index < -0.39 is 9.84 Å². The molecule has 1 saturated heterocycles. The van der Waals surface area contributed by atoms with Gasteiger partial charge in [0.15, 0.2) is 9.84 Å². The number of aryl methyl sites for hydroxylation is 1. The number of hydrogen-bond donors (Lipinski definition) is 1. The van der Waals surface area contributed by atoms with Gasteiger partial charge in [0.2, 0.25) is 11.8 Å². The largest absolute Gasteiger partial charge is 0.383 e. The summed E-state index contributed by atoms with van der Waals surface area (Å²) in [7, 11) is -1.52. The maximum atomic E-state index is 13.1. The highest BCUT2D eigenvalue weighted by atomic mass is 32.2. The summed E-state index contributed by atoms with van der Waals surface area (Å²) in [5.41, 5.74) is 2.85. The molecule has 0 saturated carbocycles. The third-order valence-electron chi connectivity index (χ3n) is 5.65. The summed E-state index contributed by atoms with van der Waals surface area (Å²) in [4.78, 5) is 29.2. The van der Waals surface area contributed by atoms with Crippen LogP contribution in [-0.4, -0.2) is 87.5 Å². The molecule has 174 valence electrons. The van der Waals surface area contributed by atoms with Gasteiger partial charge in [-0.2, -0.15) is 0 Å². The van der Waals surface area contributed by atoms with Crippen LogP contribution in [0.4, 0.5) is 5.69 Å². The smallest absolute Gasteiger partial charge is 0.238 e. The average molecular weight is 454 g/mol. The molecule has 1 aliphatic heterocycles. The van der Waals surface area contributed by atoms with Gasteiger partial charge in [-0.1, -0.05) is 19.1 Å². The van der Waals surface area contributed by atoms with Crippen molar-refractivity contribution in [2.75, 3.05) is 56.7 Å². The van der Waals surface area contributed by atoms with Crippen LogP contribution in [0.1, 0.15) is 30.9 Å². The first-order chi connectivity index (χ1) is 14.7. The van der Waals surface area contributed by atoms with E-state index in [4.69, 9.17) is 4.74 Å². The molecule has 1 atom stereocenters. The molecule has 31 heavy (non-hydrogen) atoms. The minimum absolute atomic E-state index is 0.0178. The molecule has 9 heteroatoms. The second kappa shape index (κ2) is 11.6. The van der Waals surface area contributed by atoms with E-state index in [1.165, 1.54) is 0 Å². The fourth-order valence-corrected chi connectivity index (χ4v) is 5.50. The number of methoxy groups -OCH3 is 1. The van der Waals surface area contributed by atoms with Gasteiger partial charge in [-0.15, -0.1) is 0 Å². The van der Waals surface area contributed by atoms with Crippen molar-refractivity contribution in [2.24, 2.45) is 0 Å². The number of nitrogens with one attached hydrogen (secondary N) is 1. The maximum absolute atomic E-state index is 13.1. The first kappa shape index (κ1) is 25.3. The Bertz CT molecular complexity index is 872. The summed E-state index contributed by atoms with van der Waals surface area (Å²) in [6.07, 6.45) is 1.22. The predicted octanol–water partition coefficient (Wildman–Crippen LogP) is 1.62. The summed E-state index contributed by atoms with van der Waals surface area (Å²) in [5.74, 6) is -0.219. The lowest BCUT2D eigenvalue weighted by Crippen LogP contribution is -2.48. The van der Waals surface area contributed by atoms with Crippen molar-refractivity contribution in [3.8, 4) is 0 Å². The van der Waals surface area contributed by atoms with Crippen molar-refractivity contribution < 1.29 is 22.7 Å². The zero-order valence-corrected chi connectivity index (χ0v) is 19.8. The van der Waals surface area contributed by atoms with E-state index in [-0.39, 0.29) is 42.5 Å². The number of hydrogen-bond acceptors (Lipinski definition) is 6. The highest BCUT2D eigenvalue weighted by Crippen LogP contribution is 2.19. The summed E-state index contributed by atoms with van der Waals surface area (Å²) < 4.78 is 28.9. The minimum Gasteiger partial charge on any atom is -0.383 e. The topological polar surface area (TPSA) is 96.0 Å². The molecule has 8 nitrogen and oxygen atoms in total. The predicted molar refractivity (Wildman–Crippen MR) is 122 cm³/mol. The Hall–Kier alpha value is -1.97. The Kier molecular flexibility index (Phi) is 9.46. The van der Waals surface area contributed by atoms with Crippen molar-refractivity contribution in [3.05, 3.63) is 29.3 Å². The first-order valence-electron chi connectivity index (χ1n) is 10.7. The van der Waals surface area contributed by atoms with Crippen molar-refractivity contribution in [1.29, 1.82) is 0 Å². The van der Waals surface area contributed by atoms with E-state index in [0.717, 1.165) is 23.2 Å². The molecule has 2 amide bonds. The van der Waals surface area contributed by atoms with Gasteiger partial charge in [0.25, 0.3) is 0 Å². The van der Waals surface area contributed by atoms with Crippen molar-refractivity contribution >= 4 is 27.3 Å². The Balaban J connectivity index is 2.05. The number of carbonyl (C=O) groups excluding carboxylic acids is 2. The van der Waals surface area contributed by atoms with Gasteiger partial charge < -0.3 is 15.0 Å². The number of sulfone groups is 1. The normalized spacial score (nSPS) is 17.6. The molecule has 1 N–H and O–H groups in total. The van der Waals surface area contributed by atoms with Crippen LogP contribution in [0, 0.1) is 13.8 Å². The summed E-state index contributed by atoms with van der Waals surface area (Å²) in [6.45, 7) is 7.30. The van der Waals surface area contributed by atoms with Crippen LogP contribution in [-0.2, 0) is 24.2 Å². The van der Waals surface area contributed by atoms with Gasteiger partial charge in [0, 0.05) is 31.9 Å². The third kappa shape index (κ3) is 7.59. The van der Waals surface area contributed by atoms with Crippen LogP contribution in [0.3, 0.4) is 0 Å². The summed E-state index contributed by atoms with van der Waals surface area (Å²) >= 11 is 0. The number of rotatable bonds is 11. The number of carbonyl (C=O) groups is 2. The molecule has 1 unspecified atom stereocenters. The third-order valence-corrected chi connectivity index (χ3v) is 7.40. The number of amides is 2. The molecule has 0 radical (unpaired) electrons. The lowest BCUT2D eigenvalue weighted by molar-refractivity contribution is -0.134. The summed E-state index contributed by atoms with van der Waals surface area (Å²) in [5, 5.41) is 2.93. The van der Waals surface area contributed by atoms with Crippen LogP contribution in [0.2, 0.25) is 0 Å². The lowest BCUT2D eigenvalue weighted by Gasteiger charge is -2.31. The number of nitrogens with zero attached hydrogens (tertiary/aromatic N) is 2. The fourth-order valence-electron chi connectivity index (χ4n) is 3.77. The second-order valence-electron chi connectivity index (χ2n) is 8.14. The molecule has 0 spiro atoms. The Morgan fingerprint density at radius 3 is 2.55 bits per heavy atom. The first-order valence-corrected chi connectivity index (χ1v) is 12.6. The van der Waals surface area contributed by atoms with E-state index in [2.05, 4.69) is 5.32 Å². The van der Waals surface area contributed by atoms with Crippen molar-refractivity contribution in [1.82, 2.24) is 9.80 Å². The monoisotopic (exact) mass is 453 g/mol. The molecule has 0 bridgehead atoms. The van der Waals surface area contributed by atoms with E-state index in [1.807, 2.05) is 39.0 Å². The van der Waals surface area contributed by atoms with Gasteiger partial charge in [0.1, 0.15) is 0 Å². The SMILES string of the molecule is CCCN(C(=O)CN(CCOC)CC(=O)Nc1cccc(C)c1C)C1CCS(=O)(=O)C1. The van der Waals surface area contributed by atoms with Crippen LogP contribution in [0.15, 0.2) is 18.2 Å². The average Bonchev–Trinajstić information content (AvgIpc) is 3.07. The zero-order valence-electron chi connectivity index (χ0n) is 19.0. The van der Waals surface area contributed by atoms with Gasteiger partial charge in [0.05, 0.1) is 31.2 Å². The highest BCUT2D eigenvalue weighted by Gasteiger charge is 2.34. The quantitative estimate of drug-likeness (QED) is 0.547. The molecule has 0 aliphatic carbocycles. The lowest BCUT2D eigenvalue weighted by atomic mass is 10.1. The Labute approximate surface area is 185 Å². The van der Waals surface area contributed by atoms with E-state index in [0.29, 0.717) is 26.1 Å². The Morgan fingerprint density at radius 2 is 1.94 bits per heavy atom. The second-order valence-corrected chi connectivity index (χ2v) is 10.4. The highest BCUT2D eigenvalue weighted by molar-refractivity contribution is 7.91. The molecule has 2 rings (SSSR count). The zero-order chi connectivity index (χ0) is 23.0. The van der Waals surface area contributed by atoms with E-state index >= 15 is 0 Å². The number of ether oxygens (including phenoxy) is 1. The van der Waals surface area contributed by atoms with Crippen LogP contribution in [0.25, 0.3) is 0 Å². The minimum atomic E-state index is -3.09. The van der Waals surface area contributed by atoms with Gasteiger partial charge in [-0.3, -0.25) is 14.5 Å². The molecule has 1 fully saturated rings. The molecule has 1 aliphatic rings. The molecule has 1 aromatic rings.